The molecule has 5 nitrogen and oxygen atoms in total. The van der Waals surface area contributed by atoms with Crippen LogP contribution in [-0.2, 0) is 9.84 Å². The molecule has 1 aromatic carbocycles. The van der Waals surface area contributed by atoms with Gasteiger partial charge in [0.2, 0.25) is 15.0 Å². The predicted octanol–water partition coefficient (Wildman–Crippen LogP) is 1.34. The highest BCUT2D eigenvalue weighted by Crippen LogP contribution is 2.19. The van der Waals surface area contributed by atoms with Crippen molar-refractivity contribution in [1.82, 2.24) is 15.3 Å². The maximum absolute atomic E-state index is 12.3. The summed E-state index contributed by atoms with van der Waals surface area (Å²) in [6.45, 7) is 1.76. The van der Waals surface area contributed by atoms with Gasteiger partial charge in [-0.3, -0.25) is 0 Å². The van der Waals surface area contributed by atoms with Gasteiger partial charge in [-0.05, 0) is 44.0 Å². The van der Waals surface area contributed by atoms with Gasteiger partial charge < -0.3 is 10.3 Å². The summed E-state index contributed by atoms with van der Waals surface area (Å²) in [5.41, 5.74) is 1.46. The average molecular weight is 279 g/mol. The van der Waals surface area contributed by atoms with Gasteiger partial charge in [0.15, 0.2) is 0 Å². The molecule has 2 N–H and O–H groups in total. The first-order chi connectivity index (χ1) is 9.15. The first kappa shape index (κ1) is 12.6. The lowest BCUT2D eigenvalue weighted by molar-refractivity contribution is 0.403. The number of sulfone groups is 1. The van der Waals surface area contributed by atoms with Crippen LogP contribution in [-0.4, -0.2) is 37.2 Å². The lowest BCUT2D eigenvalue weighted by Gasteiger charge is -2.21. The number of hydrogen-bond donors (Lipinski definition) is 2. The first-order valence-electron chi connectivity index (χ1n) is 6.53. The van der Waals surface area contributed by atoms with Gasteiger partial charge in [-0.1, -0.05) is 12.1 Å². The molecule has 0 radical (unpaired) electrons. The number of para-hydroxylation sites is 2. The molecule has 0 amide bonds. The molecule has 1 aliphatic heterocycles. The third-order valence-electron chi connectivity index (χ3n) is 3.52. The smallest absolute Gasteiger partial charge is 0.226 e. The van der Waals surface area contributed by atoms with Crippen LogP contribution in [0.25, 0.3) is 11.0 Å². The number of nitrogens with zero attached hydrogens (tertiary/aromatic N) is 1. The van der Waals surface area contributed by atoms with Crippen molar-refractivity contribution in [2.75, 3.05) is 18.8 Å². The summed E-state index contributed by atoms with van der Waals surface area (Å²) in [4.78, 5) is 7.09. The number of aromatic amines is 1. The molecule has 1 unspecified atom stereocenters. The van der Waals surface area contributed by atoms with Gasteiger partial charge in [0.1, 0.15) is 0 Å². The van der Waals surface area contributed by atoms with Crippen molar-refractivity contribution < 1.29 is 8.42 Å². The molecule has 3 rings (SSSR count). The van der Waals surface area contributed by atoms with Crippen molar-refractivity contribution in [1.29, 1.82) is 0 Å². The summed E-state index contributed by atoms with van der Waals surface area (Å²) in [7, 11) is -3.33. The Kier molecular flexibility index (Phi) is 3.28. The number of rotatable bonds is 3. The quantitative estimate of drug-likeness (QED) is 0.889. The van der Waals surface area contributed by atoms with Crippen LogP contribution in [0.1, 0.15) is 12.8 Å². The van der Waals surface area contributed by atoms with E-state index in [-0.39, 0.29) is 16.8 Å². The molecule has 102 valence electrons. The lowest BCUT2D eigenvalue weighted by Crippen LogP contribution is -2.34. The summed E-state index contributed by atoms with van der Waals surface area (Å²) in [6.07, 6.45) is 2.01. The van der Waals surface area contributed by atoms with E-state index in [0.717, 1.165) is 31.4 Å². The van der Waals surface area contributed by atoms with Crippen LogP contribution < -0.4 is 5.32 Å². The van der Waals surface area contributed by atoms with Crippen molar-refractivity contribution >= 4 is 20.9 Å². The molecule has 0 aliphatic carbocycles. The number of nitrogens with one attached hydrogen (secondary N) is 2. The molecule has 1 aromatic heterocycles. The number of piperidine rings is 1. The molecule has 19 heavy (non-hydrogen) atoms. The highest BCUT2D eigenvalue weighted by atomic mass is 32.2. The van der Waals surface area contributed by atoms with Gasteiger partial charge in [0.25, 0.3) is 0 Å². The zero-order valence-corrected chi connectivity index (χ0v) is 11.4. The molecular weight excluding hydrogens is 262 g/mol. The number of benzene rings is 1. The Balaban J connectivity index is 1.86. The minimum atomic E-state index is -3.33. The molecule has 1 saturated heterocycles. The van der Waals surface area contributed by atoms with E-state index in [9.17, 15) is 8.42 Å². The van der Waals surface area contributed by atoms with Gasteiger partial charge >= 0.3 is 0 Å². The minimum Gasteiger partial charge on any atom is -0.329 e. The van der Waals surface area contributed by atoms with Crippen molar-refractivity contribution in [3.05, 3.63) is 24.3 Å². The van der Waals surface area contributed by atoms with E-state index in [2.05, 4.69) is 15.3 Å². The standard InChI is InChI=1S/C13H17N3O2S/c17-19(18,9-10-4-3-7-14-8-10)13-15-11-5-1-2-6-12(11)16-13/h1-2,5-6,10,14H,3-4,7-9H2,(H,15,16). The van der Waals surface area contributed by atoms with Crippen LogP contribution in [0.2, 0.25) is 0 Å². The first-order valence-corrected chi connectivity index (χ1v) is 8.18. The van der Waals surface area contributed by atoms with Gasteiger partial charge in [-0.25, -0.2) is 13.4 Å². The number of hydrogen-bond acceptors (Lipinski definition) is 4. The van der Waals surface area contributed by atoms with Gasteiger partial charge in [0.05, 0.1) is 16.8 Å². The largest absolute Gasteiger partial charge is 0.329 e. The topological polar surface area (TPSA) is 74.8 Å². The summed E-state index contributed by atoms with van der Waals surface area (Å²) >= 11 is 0. The van der Waals surface area contributed by atoms with Gasteiger partial charge in [0, 0.05) is 0 Å². The molecule has 2 heterocycles. The second kappa shape index (κ2) is 4.94. The minimum absolute atomic E-state index is 0.0965. The molecule has 1 fully saturated rings. The van der Waals surface area contributed by atoms with E-state index in [1.807, 2.05) is 24.3 Å². The van der Waals surface area contributed by atoms with E-state index in [4.69, 9.17) is 0 Å². The summed E-state index contributed by atoms with van der Waals surface area (Å²) in [5.74, 6) is 0.353. The number of imidazole rings is 1. The Hall–Kier alpha value is -1.40. The van der Waals surface area contributed by atoms with Crippen molar-refractivity contribution in [3.8, 4) is 0 Å². The number of H-pyrrole nitrogens is 1. The molecule has 2 aromatic rings. The third kappa shape index (κ3) is 2.64. The second-order valence-electron chi connectivity index (χ2n) is 5.05. The van der Waals surface area contributed by atoms with Crippen molar-refractivity contribution in [2.24, 2.45) is 5.92 Å². The van der Waals surface area contributed by atoms with Crippen LogP contribution >= 0.6 is 0 Å². The normalized spacial score (nSPS) is 20.7. The van der Waals surface area contributed by atoms with E-state index in [1.54, 1.807) is 0 Å². The summed E-state index contributed by atoms with van der Waals surface area (Å²) < 4.78 is 24.7. The molecule has 0 spiro atoms. The highest BCUT2D eigenvalue weighted by molar-refractivity contribution is 7.91. The molecular formula is C13H17N3O2S. The Labute approximate surface area is 112 Å². The summed E-state index contributed by atoms with van der Waals surface area (Å²) in [6, 6.07) is 7.36. The number of fused-ring (bicyclic) bond motifs is 1. The fourth-order valence-corrected chi connectivity index (χ4v) is 4.10. The Morgan fingerprint density at radius 1 is 1.32 bits per heavy atom. The SMILES string of the molecule is O=S(=O)(CC1CCCNC1)c1nc2ccccc2[nH]1. The van der Waals surface area contributed by atoms with E-state index in [0.29, 0.717) is 5.52 Å². The molecule has 1 aliphatic rings. The average Bonchev–Trinajstić information content (AvgIpc) is 2.84. The lowest BCUT2D eigenvalue weighted by atomic mass is 10.0. The molecule has 0 saturated carbocycles. The molecule has 0 bridgehead atoms. The van der Waals surface area contributed by atoms with Crippen LogP contribution in [0.3, 0.4) is 0 Å². The number of aromatic nitrogens is 2. The Morgan fingerprint density at radius 3 is 2.89 bits per heavy atom. The summed E-state index contributed by atoms with van der Waals surface area (Å²) in [5, 5.41) is 3.34. The zero-order chi connectivity index (χ0) is 13.3. The van der Waals surface area contributed by atoms with Crippen LogP contribution in [0.5, 0.6) is 0 Å². The fourth-order valence-electron chi connectivity index (χ4n) is 2.53. The zero-order valence-electron chi connectivity index (χ0n) is 10.6. The van der Waals surface area contributed by atoms with Gasteiger partial charge in [-0.2, -0.15) is 0 Å². The molecule has 1 atom stereocenters. The van der Waals surface area contributed by atoms with Crippen LogP contribution in [0.15, 0.2) is 29.4 Å². The van der Waals surface area contributed by atoms with Crippen LogP contribution in [0, 0.1) is 5.92 Å². The third-order valence-corrected chi connectivity index (χ3v) is 5.21. The molecule has 6 heteroatoms. The maximum atomic E-state index is 12.3. The predicted molar refractivity (Wildman–Crippen MR) is 73.7 cm³/mol. The van der Waals surface area contributed by atoms with E-state index < -0.39 is 9.84 Å². The second-order valence-corrected chi connectivity index (χ2v) is 7.00. The van der Waals surface area contributed by atoms with Crippen molar-refractivity contribution in [3.63, 3.8) is 0 Å². The van der Waals surface area contributed by atoms with Crippen LogP contribution in [0.4, 0.5) is 0 Å². The Morgan fingerprint density at radius 2 is 2.16 bits per heavy atom. The fraction of sp³-hybridized carbons (Fsp3) is 0.462. The highest BCUT2D eigenvalue weighted by Gasteiger charge is 2.25. The van der Waals surface area contributed by atoms with E-state index >= 15 is 0 Å². The van der Waals surface area contributed by atoms with E-state index in [1.165, 1.54) is 0 Å². The Bertz CT molecular complexity index is 639. The van der Waals surface area contributed by atoms with Gasteiger partial charge in [-0.15, -0.1) is 0 Å². The van der Waals surface area contributed by atoms with Crippen molar-refractivity contribution in [2.45, 2.75) is 18.0 Å². The monoisotopic (exact) mass is 279 g/mol. The maximum Gasteiger partial charge on any atom is 0.226 e.